The Morgan fingerprint density at radius 3 is 2.19 bits per heavy atom. The Kier molecular flexibility index (Phi) is 5.81. The number of hydrogen-bond donors (Lipinski definition) is 2. The van der Waals surface area contributed by atoms with E-state index in [1.165, 1.54) is 12.1 Å². The maximum absolute atomic E-state index is 12.4. The van der Waals surface area contributed by atoms with E-state index >= 15 is 0 Å². The van der Waals surface area contributed by atoms with Gasteiger partial charge < -0.3 is 5.32 Å². The topological polar surface area (TPSA) is 75.3 Å². The lowest BCUT2D eigenvalue weighted by Crippen LogP contribution is -2.14. The highest BCUT2D eigenvalue weighted by Gasteiger charge is 2.14. The van der Waals surface area contributed by atoms with Crippen LogP contribution < -0.4 is 10.0 Å². The summed E-state index contributed by atoms with van der Waals surface area (Å²) in [6.07, 6.45) is 0. The second-order valence-corrected chi connectivity index (χ2v) is 8.76. The number of benzene rings is 3. The number of carbonyl (C=O) groups excluding carboxylic acids is 1. The third-order valence-electron chi connectivity index (χ3n) is 3.88. The molecule has 3 aromatic rings. The summed E-state index contributed by atoms with van der Waals surface area (Å²) in [7, 11) is -3.68. The summed E-state index contributed by atoms with van der Waals surface area (Å²) in [6.45, 7) is 1.98. The van der Waals surface area contributed by atoms with Crippen LogP contribution in [-0.2, 0) is 10.0 Å². The average Bonchev–Trinajstić information content (AvgIpc) is 2.65. The van der Waals surface area contributed by atoms with Gasteiger partial charge in [0, 0.05) is 20.5 Å². The molecule has 3 aromatic carbocycles. The van der Waals surface area contributed by atoms with E-state index in [0.717, 1.165) is 9.13 Å². The molecule has 0 aliphatic rings. The van der Waals surface area contributed by atoms with Crippen LogP contribution >= 0.6 is 22.6 Å². The van der Waals surface area contributed by atoms with Crippen LogP contribution in [0.3, 0.4) is 0 Å². The molecule has 0 bridgehead atoms. The Hall–Kier alpha value is -2.39. The van der Waals surface area contributed by atoms with Gasteiger partial charge in [-0.15, -0.1) is 0 Å². The summed E-state index contributed by atoms with van der Waals surface area (Å²) < 4.78 is 28.4. The van der Waals surface area contributed by atoms with Gasteiger partial charge in [-0.1, -0.05) is 24.3 Å². The van der Waals surface area contributed by atoms with Crippen molar-refractivity contribution in [3.05, 3.63) is 87.5 Å². The maximum atomic E-state index is 12.4. The van der Waals surface area contributed by atoms with Crippen LogP contribution in [0.5, 0.6) is 0 Å². The van der Waals surface area contributed by atoms with Crippen LogP contribution in [0.15, 0.2) is 77.7 Å². The molecule has 27 heavy (non-hydrogen) atoms. The lowest BCUT2D eigenvalue weighted by Gasteiger charge is -2.10. The van der Waals surface area contributed by atoms with Crippen molar-refractivity contribution < 1.29 is 13.2 Å². The first-order valence-corrected chi connectivity index (χ1v) is 10.7. The number of para-hydroxylation sites is 1. The third kappa shape index (κ3) is 4.86. The number of anilines is 2. The summed E-state index contributed by atoms with van der Waals surface area (Å²) in [5.41, 5.74) is 2.66. The number of halogens is 1. The van der Waals surface area contributed by atoms with E-state index in [-0.39, 0.29) is 10.8 Å². The highest BCUT2D eigenvalue weighted by molar-refractivity contribution is 14.1. The van der Waals surface area contributed by atoms with E-state index in [1.807, 2.05) is 25.1 Å². The van der Waals surface area contributed by atoms with Gasteiger partial charge in [0.15, 0.2) is 0 Å². The number of aryl methyl sites for hydroxylation is 1. The molecule has 0 spiro atoms. The van der Waals surface area contributed by atoms with Crippen molar-refractivity contribution in [2.75, 3.05) is 10.0 Å². The van der Waals surface area contributed by atoms with Crippen molar-refractivity contribution >= 4 is 49.9 Å². The van der Waals surface area contributed by atoms with Gasteiger partial charge in [-0.25, -0.2) is 8.42 Å². The van der Waals surface area contributed by atoms with Gasteiger partial charge in [-0.05, 0) is 83.6 Å². The average molecular weight is 492 g/mol. The van der Waals surface area contributed by atoms with Crippen LogP contribution in [0.4, 0.5) is 11.4 Å². The van der Waals surface area contributed by atoms with Gasteiger partial charge >= 0.3 is 0 Å². The number of hydrogen-bond acceptors (Lipinski definition) is 3. The number of sulfonamides is 1. The normalized spacial score (nSPS) is 11.0. The van der Waals surface area contributed by atoms with Gasteiger partial charge in [0.1, 0.15) is 0 Å². The minimum atomic E-state index is -3.68. The molecule has 3 rings (SSSR count). The third-order valence-corrected chi connectivity index (χ3v) is 6.44. The number of nitrogens with one attached hydrogen (secondary N) is 2. The Morgan fingerprint density at radius 2 is 1.56 bits per heavy atom. The van der Waals surface area contributed by atoms with Crippen LogP contribution in [0.25, 0.3) is 0 Å². The van der Waals surface area contributed by atoms with Gasteiger partial charge in [-0.3, -0.25) is 9.52 Å². The van der Waals surface area contributed by atoms with E-state index in [0.29, 0.717) is 16.9 Å². The first-order valence-electron chi connectivity index (χ1n) is 8.10. The summed E-state index contributed by atoms with van der Waals surface area (Å²) in [5, 5.41) is 2.78. The fraction of sp³-hybridized carbons (Fsp3) is 0.0500. The molecular weight excluding hydrogens is 475 g/mol. The van der Waals surface area contributed by atoms with Crippen molar-refractivity contribution in [1.82, 2.24) is 0 Å². The molecule has 0 unspecified atom stereocenters. The van der Waals surface area contributed by atoms with Crippen molar-refractivity contribution in [3.63, 3.8) is 0 Å². The molecule has 0 heterocycles. The number of rotatable bonds is 5. The second-order valence-electron chi connectivity index (χ2n) is 5.91. The lowest BCUT2D eigenvalue weighted by atomic mass is 10.1. The zero-order valence-electron chi connectivity index (χ0n) is 14.4. The highest BCUT2D eigenvalue weighted by atomic mass is 127. The molecule has 7 heteroatoms. The molecule has 0 aliphatic heterocycles. The van der Waals surface area contributed by atoms with Crippen molar-refractivity contribution in [3.8, 4) is 0 Å². The van der Waals surface area contributed by atoms with Gasteiger partial charge in [0.2, 0.25) is 0 Å². The quantitative estimate of drug-likeness (QED) is 0.510. The molecule has 0 atom stereocenters. The molecular formula is C20H17IN2O3S. The molecule has 138 valence electrons. The first-order chi connectivity index (χ1) is 12.8. The Balaban J connectivity index is 1.73. The standard InChI is InChI=1S/C20H17IN2O3S/c1-14-7-8-15(13-19(14)21)20(24)22-16-9-11-18(12-10-16)27(25,26)23-17-5-3-2-4-6-17/h2-13,23H,1H3,(H,22,24). The number of carbonyl (C=O) groups is 1. The molecule has 0 saturated carbocycles. The fourth-order valence-corrected chi connectivity index (χ4v) is 3.95. The van der Waals surface area contributed by atoms with Crippen LogP contribution in [0, 0.1) is 10.5 Å². The smallest absolute Gasteiger partial charge is 0.261 e. The van der Waals surface area contributed by atoms with Crippen LogP contribution in [-0.4, -0.2) is 14.3 Å². The van der Waals surface area contributed by atoms with E-state index in [9.17, 15) is 13.2 Å². The minimum Gasteiger partial charge on any atom is -0.322 e. The zero-order valence-corrected chi connectivity index (χ0v) is 17.4. The molecule has 0 aliphatic carbocycles. The van der Waals surface area contributed by atoms with E-state index in [4.69, 9.17) is 0 Å². The Labute approximate surface area is 172 Å². The molecule has 5 nitrogen and oxygen atoms in total. The Morgan fingerprint density at radius 1 is 0.889 bits per heavy atom. The van der Waals surface area contributed by atoms with E-state index < -0.39 is 10.0 Å². The molecule has 0 aromatic heterocycles. The molecule has 1 amide bonds. The predicted octanol–water partition coefficient (Wildman–Crippen LogP) is 4.65. The lowest BCUT2D eigenvalue weighted by molar-refractivity contribution is 0.102. The fourth-order valence-electron chi connectivity index (χ4n) is 2.38. The summed E-state index contributed by atoms with van der Waals surface area (Å²) >= 11 is 2.18. The van der Waals surface area contributed by atoms with Crippen molar-refractivity contribution in [1.29, 1.82) is 0 Å². The molecule has 0 fully saturated rings. The first kappa shape index (κ1) is 19.4. The monoisotopic (exact) mass is 492 g/mol. The molecule has 0 saturated heterocycles. The van der Waals surface area contributed by atoms with E-state index in [1.54, 1.807) is 42.5 Å². The van der Waals surface area contributed by atoms with Gasteiger partial charge in [-0.2, -0.15) is 0 Å². The van der Waals surface area contributed by atoms with Crippen molar-refractivity contribution in [2.45, 2.75) is 11.8 Å². The van der Waals surface area contributed by atoms with E-state index in [2.05, 4.69) is 32.6 Å². The van der Waals surface area contributed by atoms with Gasteiger partial charge in [0.05, 0.1) is 4.90 Å². The summed E-state index contributed by atoms with van der Waals surface area (Å²) in [4.78, 5) is 12.5. The van der Waals surface area contributed by atoms with Crippen LogP contribution in [0.1, 0.15) is 15.9 Å². The largest absolute Gasteiger partial charge is 0.322 e. The highest BCUT2D eigenvalue weighted by Crippen LogP contribution is 2.19. The number of amides is 1. The summed E-state index contributed by atoms with van der Waals surface area (Å²) in [6, 6.07) is 20.2. The van der Waals surface area contributed by atoms with Gasteiger partial charge in [0.25, 0.3) is 15.9 Å². The zero-order chi connectivity index (χ0) is 19.4. The molecule has 2 N–H and O–H groups in total. The Bertz CT molecular complexity index is 1070. The van der Waals surface area contributed by atoms with Crippen molar-refractivity contribution in [2.24, 2.45) is 0 Å². The minimum absolute atomic E-state index is 0.120. The SMILES string of the molecule is Cc1ccc(C(=O)Nc2ccc(S(=O)(=O)Nc3ccccc3)cc2)cc1I. The van der Waals surface area contributed by atoms with Crippen LogP contribution in [0.2, 0.25) is 0 Å². The maximum Gasteiger partial charge on any atom is 0.261 e. The predicted molar refractivity (Wildman–Crippen MR) is 116 cm³/mol. The molecule has 0 radical (unpaired) electrons. The summed E-state index contributed by atoms with van der Waals surface area (Å²) in [5.74, 6) is -0.245. The second kappa shape index (κ2) is 8.10.